The van der Waals surface area contributed by atoms with Crippen LogP contribution in [0.1, 0.15) is 5.56 Å². The molecule has 0 fully saturated rings. The molecule has 2 aromatic heterocycles. The van der Waals surface area contributed by atoms with Crippen molar-refractivity contribution in [1.29, 1.82) is 0 Å². The molecule has 3 aromatic rings. The van der Waals surface area contributed by atoms with Crippen LogP contribution in [0, 0.1) is 6.92 Å². The first-order chi connectivity index (χ1) is 8.65. The summed E-state index contributed by atoms with van der Waals surface area (Å²) in [5.41, 5.74) is 2.87. The van der Waals surface area contributed by atoms with E-state index in [0.29, 0.717) is 10.7 Å². The Hall–Kier alpha value is -2.00. The fourth-order valence-corrected chi connectivity index (χ4v) is 2.25. The molecular weight excluding hydrogens is 248 g/mol. The number of rotatable bonds is 1. The Morgan fingerprint density at radius 3 is 2.83 bits per heavy atom. The zero-order valence-electron chi connectivity index (χ0n) is 9.76. The Balaban J connectivity index is 2.30. The molecule has 0 atom stereocenters. The van der Waals surface area contributed by atoms with Crippen LogP contribution in [0.4, 0.5) is 0 Å². The van der Waals surface area contributed by atoms with Gasteiger partial charge in [0.15, 0.2) is 5.15 Å². The highest BCUT2D eigenvalue weighted by Crippen LogP contribution is 2.28. The molecule has 0 aliphatic heterocycles. The van der Waals surface area contributed by atoms with E-state index in [0.717, 1.165) is 11.4 Å². The summed E-state index contributed by atoms with van der Waals surface area (Å²) in [5, 5.41) is 9.87. The quantitative estimate of drug-likeness (QED) is 0.723. The Bertz CT molecular complexity index is 734. The fraction of sp³-hybridized carbons (Fsp3) is 0.0714. The normalized spacial score (nSPS) is 11.0. The van der Waals surface area contributed by atoms with Gasteiger partial charge < -0.3 is 5.11 Å². The van der Waals surface area contributed by atoms with Gasteiger partial charge in [-0.1, -0.05) is 35.4 Å². The maximum absolute atomic E-state index is 9.48. The Morgan fingerprint density at radius 1 is 1.22 bits per heavy atom. The topological polar surface area (TPSA) is 37.5 Å². The maximum atomic E-state index is 9.48. The molecule has 90 valence electrons. The number of aromatic hydroxyl groups is 1. The predicted molar refractivity (Wildman–Crippen MR) is 72.0 cm³/mol. The van der Waals surface area contributed by atoms with Crippen molar-refractivity contribution < 1.29 is 5.11 Å². The molecule has 4 heteroatoms. The summed E-state index contributed by atoms with van der Waals surface area (Å²) in [6.07, 6.45) is 1.77. The summed E-state index contributed by atoms with van der Waals surface area (Å²) >= 11 is 6.10. The molecule has 0 aliphatic rings. The van der Waals surface area contributed by atoms with Crippen molar-refractivity contribution in [2.45, 2.75) is 6.92 Å². The second-order valence-electron chi connectivity index (χ2n) is 4.24. The second-order valence-corrected chi connectivity index (χ2v) is 4.59. The van der Waals surface area contributed by atoms with Gasteiger partial charge >= 0.3 is 0 Å². The maximum Gasteiger partial charge on any atom is 0.155 e. The minimum Gasteiger partial charge on any atom is -0.508 e. The van der Waals surface area contributed by atoms with E-state index < -0.39 is 0 Å². The first-order valence-corrected chi connectivity index (χ1v) is 5.96. The van der Waals surface area contributed by atoms with Crippen molar-refractivity contribution in [3.05, 3.63) is 53.3 Å². The van der Waals surface area contributed by atoms with Gasteiger partial charge in [0.2, 0.25) is 0 Å². The molecule has 0 radical (unpaired) electrons. The number of fused-ring (bicyclic) bond motifs is 1. The zero-order chi connectivity index (χ0) is 12.7. The number of hydrogen-bond acceptors (Lipinski definition) is 2. The molecule has 18 heavy (non-hydrogen) atoms. The third-order valence-corrected chi connectivity index (χ3v) is 3.14. The van der Waals surface area contributed by atoms with Crippen LogP contribution in [0.2, 0.25) is 5.15 Å². The number of pyridine rings is 1. The average Bonchev–Trinajstić information content (AvgIpc) is 2.67. The van der Waals surface area contributed by atoms with Gasteiger partial charge in [0.25, 0.3) is 0 Å². The Morgan fingerprint density at radius 2 is 2.06 bits per heavy atom. The molecule has 0 spiro atoms. The molecule has 0 unspecified atom stereocenters. The number of halogens is 1. The number of nitrogens with zero attached hydrogens (tertiary/aromatic N) is 2. The van der Waals surface area contributed by atoms with Gasteiger partial charge in [-0.15, -0.1) is 0 Å². The van der Waals surface area contributed by atoms with Gasteiger partial charge in [-0.05, 0) is 19.1 Å². The third-order valence-electron chi connectivity index (χ3n) is 2.86. The Kier molecular flexibility index (Phi) is 2.49. The highest BCUT2D eigenvalue weighted by Gasteiger charge is 2.11. The van der Waals surface area contributed by atoms with Crippen LogP contribution in [0.25, 0.3) is 16.9 Å². The van der Waals surface area contributed by atoms with E-state index in [9.17, 15) is 5.11 Å². The smallest absolute Gasteiger partial charge is 0.155 e. The highest BCUT2D eigenvalue weighted by molar-refractivity contribution is 6.33. The standard InChI is InChI=1S/C14H11ClN2O/c1-9-3-2-4-10(7-9)14-16-13(15)12-8-11(18)5-6-17(12)14/h2-8,18H,1H3. The molecule has 0 amide bonds. The van der Waals surface area contributed by atoms with Crippen LogP contribution in [0.5, 0.6) is 5.75 Å². The molecule has 1 aromatic carbocycles. The molecule has 3 rings (SSSR count). The van der Waals surface area contributed by atoms with Crippen LogP contribution < -0.4 is 0 Å². The van der Waals surface area contributed by atoms with Gasteiger partial charge in [-0.25, -0.2) is 4.98 Å². The van der Waals surface area contributed by atoms with E-state index in [1.807, 2.05) is 29.5 Å². The summed E-state index contributed by atoms with van der Waals surface area (Å²) in [6.45, 7) is 2.03. The first kappa shape index (κ1) is 11.1. The highest BCUT2D eigenvalue weighted by atomic mass is 35.5. The van der Waals surface area contributed by atoms with Crippen LogP contribution in [0.3, 0.4) is 0 Å². The van der Waals surface area contributed by atoms with Crippen LogP contribution in [-0.4, -0.2) is 14.5 Å². The van der Waals surface area contributed by atoms with Crippen molar-refractivity contribution in [2.24, 2.45) is 0 Å². The molecule has 1 N–H and O–H groups in total. The molecule has 2 heterocycles. The minimum absolute atomic E-state index is 0.181. The molecular formula is C14H11ClN2O. The van der Waals surface area contributed by atoms with Crippen LogP contribution >= 0.6 is 11.6 Å². The summed E-state index contributed by atoms with van der Waals surface area (Å²) in [7, 11) is 0. The summed E-state index contributed by atoms with van der Waals surface area (Å²) in [6, 6.07) is 11.3. The van der Waals surface area contributed by atoms with Crippen molar-refractivity contribution in [1.82, 2.24) is 9.38 Å². The van der Waals surface area contributed by atoms with Gasteiger partial charge in [-0.3, -0.25) is 4.40 Å². The second kappa shape index (κ2) is 4.03. The van der Waals surface area contributed by atoms with Crippen LogP contribution in [-0.2, 0) is 0 Å². The first-order valence-electron chi connectivity index (χ1n) is 5.59. The predicted octanol–water partition coefficient (Wildman–Crippen LogP) is 3.67. The number of benzene rings is 1. The van der Waals surface area contributed by atoms with Gasteiger partial charge in [0.1, 0.15) is 11.6 Å². The number of aryl methyl sites for hydroxylation is 1. The van der Waals surface area contributed by atoms with Crippen molar-refractivity contribution >= 4 is 17.1 Å². The molecule has 0 aliphatic carbocycles. The van der Waals surface area contributed by atoms with Crippen molar-refractivity contribution in [3.63, 3.8) is 0 Å². The molecule has 3 nitrogen and oxygen atoms in total. The van der Waals surface area contributed by atoms with Gasteiger partial charge in [0, 0.05) is 17.8 Å². The number of hydrogen-bond donors (Lipinski definition) is 1. The third kappa shape index (κ3) is 1.73. The summed E-state index contributed by atoms with van der Waals surface area (Å²) in [5.74, 6) is 0.957. The molecule has 0 bridgehead atoms. The Labute approximate surface area is 109 Å². The van der Waals surface area contributed by atoms with E-state index in [-0.39, 0.29) is 5.75 Å². The summed E-state index contributed by atoms with van der Waals surface area (Å²) < 4.78 is 1.87. The van der Waals surface area contributed by atoms with Crippen LogP contribution in [0.15, 0.2) is 42.6 Å². The number of aromatic nitrogens is 2. The van der Waals surface area contributed by atoms with Gasteiger partial charge in [-0.2, -0.15) is 0 Å². The van der Waals surface area contributed by atoms with Gasteiger partial charge in [0.05, 0.1) is 5.52 Å². The summed E-state index contributed by atoms with van der Waals surface area (Å²) in [4.78, 5) is 4.36. The minimum atomic E-state index is 0.181. The molecule has 0 saturated heterocycles. The van der Waals surface area contributed by atoms with E-state index >= 15 is 0 Å². The largest absolute Gasteiger partial charge is 0.508 e. The lowest BCUT2D eigenvalue weighted by atomic mass is 10.1. The van der Waals surface area contributed by atoms with E-state index in [1.54, 1.807) is 18.3 Å². The average molecular weight is 259 g/mol. The lowest BCUT2D eigenvalue weighted by Crippen LogP contribution is -1.89. The van der Waals surface area contributed by atoms with Crippen molar-refractivity contribution in [3.8, 4) is 17.1 Å². The molecule has 0 saturated carbocycles. The van der Waals surface area contributed by atoms with E-state index in [4.69, 9.17) is 11.6 Å². The lowest BCUT2D eigenvalue weighted by molar-refractivity contribution is 0.475. The van der Waals surface area contributed by atoms with E-state index in [1.165, 1.54) is 5.56 Å². The lowest BCUT2D eigenvalue weighted by Gasteiger charge is -2.02. The van der Waals surface area contributed by atoms with Crippen molar-refractivity contribution in [2.75, 3.05) is 0 Å². The zero-order valence-corrected chi connectivity index (χ0v) is 10.5. The van der Waals surface area contributed by atoms with E-state index in [2.05, 4.69) is 11.1 Å². The fourth-order valence-electron chi connectivity index (χ4n) is 2.02. The number of imidazole rings is 1. The monoisotopic (exact) mass is 258 g/mol. The SMILES string of the molecule is Cc1cccc(-c2nc(Cl)c3cc(O)ccn23)c1.